The van der Waals surface area contributed by atoms with Gasteiger partial charge in [-0.15, -0.1) is 0 Å². The predicted molar refractivity (Wildman–Crippen MR) is 139 cm³/mol. The lowest BCUT2D eigenvalue weighted by atomic mass is 10.0. The van der Waals surface area contributed by atoms with Gasteiger partial charge < -0.3 is 21.3 Å². The Bertz CT molecular complexity index is 1320. The van der Waals surface area contributed by atoms with Crippen LogP contribution in [-0.4, -0.2) is 53.9 Å². The van der Waals surface area contributed by atoms with Gasteiger partial charge in [0.15, 0.2) is 0 Å². The molecule has 8 nitrogen and oxygen atoms in total. The smallest absolute Gasteiger partial charge is 0.255 e. The van der Waals surface area contributed by atoms with Crippen LogP contribution in [0.15, 0.2) is 60.7 Å². The summed E-state index contributed by atoms with van der Waals surface area (Å²) in [7, 11) is 0. The summed E-state index contributed by atoms with van der Waals surface area (Å²) in [5, 5.41) is 15.7. The number of halogens is 1. The monoisotopic (exact) mass is 500 g/mol. The van der Waals surface area contributed by atoms with E-state index in [9.17, 15) is 19.2 Å². The fourth-order valence-electron chi connectivity index (χ4n) is 4.55. The first kappa shape index (κ1) is 25.8. The maximum atomic E-state index is 13.6. The van der Waals surface area contributed by atoms with E-state index < -0.39 is 0 Å². The molecule has 0 saturated carbocycles. The minimum absolute atomic E-state index is 0.0562. The van der Waals surface area contributed by atoms with Gasteiger partial charge in [-0.1, -0.05) is 30.3 Å². The molecule has 9 heteroatoms. The van der Waals surface area contributed by atoms with Gasteiger partial charge >= 0.3 is 0 Å². The average Bonchev–Trinajstić information content (AvgIpc) is 3.40. The number of pyridine rings is 1. The number of nitrogens with one attached hydrogen (secondary N) is 2. The summed E-state index contributed by atoms with van der Waals surface area (Å²) < 4.78 is 13.6. The second kappa shape index (κ2) is 12.1. The number of aromatic nitrogens is 1. The van der Waals surface area contributed by atoms with Crippen LogP contribution in [-0.2, 0) is 11.2 Å². The van der Waals surface area contributed by atoms with Gasteiger partial charge in [-0.25, -0.2) is 9.37 Å². The molecule has 1 aromatic heterocycles. The number of carbonyl (C=O) groups excluding carboxylic acids is 2. The quantitative estimate of drug-likeness (QED) is 0.415. The highest BCUT2D eigenvalue weighted by Crippen LogP contribution is 2.25. The second-order valence-corrected chi connectivity index (χ2v) is 8.85. The van der Waals surface area contributed by atoms with Gasteiger partial charge in [0.05, 0.1) is 29.4 Å². The molecule has 0 unspecified atom stereocenters. The molecule has 37 heavy (non-hydrogen) atoms. The highest BCUT2D eigenvalue weighted by atomic mass is 19.1. The number of anilines is 1. The third-order valence-electron chi connectivity index (χ3n) is 6.43. The van der Waals surface area contributed by atoms with Crippen LogP contribution in [0.4, 0.5) is 10.2 Å². The zero-order valence-corrected chi connectivity index (χ0v) is 20.4. The first-order valence-corrected chi connectivity index (χ1v) is 12.3. The topological polar surface area (TPSA) is 124 Å². The molecule has 1 saturated heterocycles. The SMILES string of the molecule is N#Cc1ccccc1-c1ccc(C(=O)NC[C@@H]2CCCN2C(=O)CN)c(NCCc2cccc(F)c2)n1. The minimum Gasteiger partial charge on any atom is -0.369 e. The van der Waals surface area contributed by atoms with Gasteiger partial charge in [0, 0.05) is 31.2 Å². The van der Waals surface area contributed by atoms with Crippen molar-refractivity contribution in [1.29, 1.82) is 5.26 Å². The van der Waals surface area contributed by atoms with Gasteiger partial charge in [-0.2, -0.15) is 5.26 Å². The molecule has 1 aliphatic heterocycles. The molecular formula is C28H29FN6O2. The number of nitriles is 1. The lowest BCUT2D eigenvalue weighted by Gasteiger charge is -2.24. The Morgan fingerprint density at radius 2 is 2.00 bits per heavy atom. The minimum atomic E-state index is -0.326. The first-order valence-electron chi connectivity index (χ1n) is 12.3. The van der Waals surface area contributed by atoms with E-state index in [1.54, 1.807) is 41.3 Å². The van der Waals surface area contributed by atoms with E-state index >= 15 is 0 Å². The van der Waals surface area contributed by atoms with E-state index in [1.165, 1.54) is 12.1 Å². The summed E-state index contributed by atoms with van der Waals surface area (Å²) in [6.45, 7) is 1.31. The Morgan fingerprint density at radius 3 is 2.78 bits per heavy atom. The molecule has 190 valence electrons. The van der Waals surface area contributed by atoms with Crippen LogP contribution in [0, 0.1) is 17.1 Å². The van der Waals surface area contributed by atoms with Gasteiger partial charge in [0.25, 0.3) is 5.91 Å². The predicted octanol–water partition coefficient (Wildman–Crippen LogP) is 3.09. The molecule has 0 aliphatic carbocycles. The third kappa shape index (κ3) is 6.29. The number of carbonyl (C=O) groups is 2. The number of hydrogen-bond acceptors (Lipinski definition) is 6. The van der Waals surface area contributed by atoms with Crippen LogP contribution in [0.3, 0.4) is 0 Å². The van der Waals surface area contributed by atoms with E-state index in [-0.39, 0.29) is 30.2 Å². The number of nitrogens with zero attached hydrogens (tertiary/aromatic N) is 3. The normalized spacial score (nSPS) is 14.7. The number of rotatable bonds is 9. The number of likely N-dealkylation sites (tertiary alicyclic amines) is 1. The highest BCUT2D eigenvalue weighted by molar-refractivity contribution is 5.99. The molecule has 0 spiro atoms. The van der Waals surface area contributed by atoms with E-state index in [2.05, 4.69) is 21.7 Å². The fraction of sp³-hybridized carbons (Fsp3) is 0.286. The summed E-state index contributed by atoms with van der Waals surface area (Å²) in [6, 6.07) is 18.9. The van der Waals surface area contributed by atoms with Crippen molar-refractivity contribution >= 4 is 17.6 Å². The Morgan fingerprint density at radius 1 is 1.16 bits per heavy atom. The van der Waals surface area contributed by atoms with Crippen molar-refractivity contribution in [2.24, 2.45) is 5.73 Å². The molecule has 0 radical (unpaired) electrons. The van der Waals surface area contributed by atoms with Crippen LogP contribution in [0.1, 0.15) is 34.3 Å². The molecule has 3 aromatic rings. The Labute approximate surface area is 215 Å². The molecular weight excluding hydrogens is 471 g/mol. The van der Waals surface area contributed by atoms with E-state index in [4.69, 9.17) is 5.73 Å². The summed E-state index contributed by atoms with van der Waals surface area (Å²) in [5.41, 5.74) is 8.37. The molecule has 1 fully saturated rings. The second-order valence-electron chi connectivity index (χ2n) is 8.85. The highest BCUT2D eigenvalue weighted by Gasteiger charge is 2.28. The summed E-state index contributed by atoms with van der Waals surface area (Å²) in [6.07, 6.45) is 2.19. The number of nitrogens with two attached hydrogens (primary N) is 1. The number of hydrogen-bond donors (Lipinski definition) is 3. The first-order chi connectivity index (χ1) is 18.0. The van der Waals surface area contributed by atoms with E-state index in [0.29, 0.717) is 54.3 Å². The van der Waals surface area contributed by atoms with Crippen LogP contribution in [0.2, 0.25) is 0 Å². The van der Waals surface area contributed by atoms with Crippen molar-refractivity contribution in [2.75, 3.05) is 31.5 Å². The molecule has 2 aromatic carbocycles. The maximum absolute atomic E-state index is 13.6. The van der Waals surface area contributed by atoms with Crippen molar-refractivity contribution in [3.05, 3.63) is 83.2 Å². The van der Waals surface area contributed by atoms with Crippen molar-refractivity contribution in [3.63, 3.8) is 0 Å². The van der Waals surface area contributed by atoms with E-state index in [1.807, 2.05) is 12.1 Å². The average molecular weight is 501 g/mol. The summed E-state index contributed by atoms with van der Waals surface area (Å²) in [4.78, 5) is 31.7. The maximum Gasteiger partial charge on any atom is 0.255 e. The fourth-order valence-corrected chi connectivity index (χ4v) is 4.55. The number of benzene rings is 2. The van der Waals surface area contributed by atoms with E-state index in [0.717, 1.165) is 18.4 Å². The van der Waals surface area contributed by atoms with Crippen molar-refractivity contribution in [3.8, 4) is 17.3 Å². The molecule has 4 rings (SSSR count). The molecule has 0 bridgehead atoms. The molecule has 1 aliphatic rings. The van der Waals surface area contributed by atoms with Crippen LogP contribution in [0.25, 0.3) is 11.3 Å². The standard InChI is InChI=1S/C28H29FN6O2/c29-21-7-3-5-19(15-21)12-13-32-27-24(10-11-25(34-27)23-9-2-1-6-20(23)16-30)28(37)33-18-22-8-4-14-35(22)26(36)17-31/h1-3,5-7,9-11,15,22H,4,8,12-14,17-18,31H2,(H,32,34)(H,33,37)/t22-/m0/s1. The lowest BCUT2D eigenvalue weighted by molar-refractivity contribution is -0.130. The molecule has 4 N–H and O–H groups in total. The summed E-state index contributed by atoms with van der Waals surface area (Å²) >= 11 is 0. The zero-order chi connectivity index (χ0) is 26.2. The van der Waals surface area contributed by atoms with Crippen molar-refractivity contribution < 1.29 is 14.0 Å². The van der Waals surface area contributed by atoms with Gasteiger partial charge in [0.1, 0.15) is 11.6 Å². The van der Waals surface area contributed by atoms with Gasteiger partial charge in [-0.3, -0.25) is 9.59 Å². The Kier molecular flexibility index (Phi) is 8.44. The Hall–Kier alpha value is -4.29. The van der Waals surface area contributed by atoms with Gasteiger partial charge in [0.2, 0.25) is 5.91 Å². The Balaban J connectivity index is 1.54. The summed E-state index contributed by atoms with van der Waals surface area (Å²) in [5.74, 6) is -0.396. The van der Waals surface area contributed by atoms with Crippen molar-refractivity contribution in [1.82, 2.24) is 15.2 Å². The van der Waals surface area contributed by atoms with Gasteiger partial charge in [-0.05, 0) is 55.2 Å². The lowest BCUT2D eigenvalue weighted by Crippen LogP contribution is -2.45. The van der Waals surface area contributed by atoms with Crippen LogP contribution < -0.4 is 16.4 Å². The molecule has 1 atom stereocenters. The van der Waals surface area contributed by atoms with Crippen molar-refractivity contribution in [2.45, 2.75) is 25.3 Å². The largest absolute Gasteiger partial charge is 0.369 e. The van der Waals surface area contributed by atoms with Crippen LogP contribution >= 0.6 is 0 Å². The third-order valence-corrected chi connectivity index (χ3v) is 6.43. The molecule has 2 amide bonds. The van der Waals surface area contributed by atoms with Crippen LogP contribution in [0.5, 0.6) is 0 Å². The molecule has 2 heterocycles. The number of amides is 2. The zero-order valence-electron chi connectivity index (χ0n) is 20.4.